The molecule has 2 aliphatic heterocycles. The molecule has 1 amide bonds. The summed E-state index contributed by atoms with van der Waals surface area (Å²) in [4.78, 5) is 19.7. The van der Waals surface area contributed by atoms with E-state index in [0.29, 0.717) is 24.8 Å². The molecule has 33 heavy (non-hydrogen) atoms. The molecule has 2 aliphatic rings. The lowest BCUT2D eigenvalue weighted by molar-refractivity contribution is -0.131. The van der Waals surface area contributed by atoms with Gasteiger partial charge in [-0.25, -0.2) is 4.39 Å². The number of rotatable bonds is 7. The number of hydrogen-bond donors (Lipinski definition) is 0. The summed E-state index contributed by atoms with van der Waals surface area (Å²) >= 11 is 0. The number of piperazine rings is 1. The number of halogens is 1. The number of methoxy groups -OCH3 is 1. The molecule has 0 aromatic heterocycles. The number of carbonyl (C=O) groups excluding carboxylic acids is 1. The number of carbonyl (C=O) groups is 1. The molecule has 0 saturated carbocycles. The zero-order valence-corrected chi connectivity index (χ0v) is 20.0. The Morgan fingerprint density at radius 2 is 1.82 bits per heavy atom. The third-order valence-corrected chi connectivity index (χ3v) is 6.94. The molecule has 0 aliphatic carbocycles. The monoisotopic (exact) mass is 453 g/mol. The van der Waals surface area contributed by atoms with Gasteiger partial charge in [0.1, 0.15) is 11.6 Å². The Bertz CT molecular complexity index is 942. The maximum absolute atomic E-state index is 14.0. The van der Waals surface area contributed by atoms with Gasteiger partial charge in [0.05, 0.1) is 7.11 Å². The summed E-state index contributed by atoms with van der Waals surface area (Å²) in [6, 6.07) is 15.2. The minimum Gasteiger partial charge on any atom is -0.497 e. The smallest absolute Gasteiger partial charge is 0.222 e. The fourth-order valence-electron chi connectivity index (χ4n) is 5.18. The first-order chi connectivity index (χ1) is 15.9. The maximum atomic E-state index is 14.0. The predicted molar refractivity (Wildman–Crippen MR) is 130 cm³/mol. The van der Waals surface area contributed by atoms with E-state index in [4.69, 9.17) is 4.74 Å². The van der Waals surface area contributed by atoms with E-state index in [1.807, 2.05) is 23.1 Å². The first kappa shape index (κ1) is 23.6. The van der Waals surface area contributed by atoms with Gasteiger partial charge in [-0.3, -0.25) is 9.69 Å². The Balaban J connectivity index is 1.41. The Kier molecular flexibility index (Phi) is 7.53. The van der Waals surface area contributed by atoms with Crippen LogP contribution in [0.25, 0.3) is 0 Å². The summed E-state index contributed by atoms with van der Waals surface area (Å²) in [5.74, 6) is 1.72. The van der Waals surface area contributed by atoms with Crippen LogP contribution in [0.5, 0.6) is 5.75 Å². The lowest BCUT2D eigenvalue weighted by Gasteiger charge is -2.38. The van der Waals surface area contributed by atoms with E-state index in [2.05, 4.69) is 35.8 Å². The Morgan fingerprint density at radius 1 is 1.06 bits per heavy atom. The molecule has 2 atom stereocenters. The topological polar surface area (TPSA) is 36.0 Å². The number of likely N-dealkylation sites (tertiary alicyclic amines) is 1. The van der Waals surface area contributed by atoms with Gasteiger partial charge >= 0.3 is 0 Å². The van der Waals surface area contributed by atoms with E-state index in [-0.39, 0.29) is 17.6 Å². The highest BCUT2D eigenvalue weighted by atomic mass is 19.1. The van der Waals surface area contributed by atoms with Crippen molar-refractivity contribution in [2.24, 2.45) is 11.8 Å². The van der Waals surface area contributed by atoms with Crippen molar-refractivity contribution < 1.29 is 13.9 Å². The van der Waals surface area contributed by atoms with Gasteiger partial charge in [0, 0.05) is 69.9 Å². The minimum atomic E-state index is -0.204. The van der Waals surface area contributed by atoms with Crippen molar-refractivity contribution in [3.63, 3.8) is 0 Å². The maximum Gasteiger partial charge on any atom is 0.222 e. The molecule has 178 valence electrons. The predicted octanol–water partition coefficient (Wildman–Crippen LogP) is 4.24. The van der Waals surface area contributed by atoms with Gasteiger partial charge in [0.15, 0.2) is 0 Å². The third kappa shape index (κ3) is 5.85. The van der Waals surface area contributed by atoms with Crippen molar-refractivity contribution in [2.45, 2.75) is 26.2 Å². The van der Waals surface area contributed by atoms with Crippen LogP contribution in [0.1, 0.15) is 31.7 Å². The molecule has 0 bridgehead atoms. The SMILES string of the molecule is COc1cccc(N2CCN(C[C@@H]3CN(C(=O)CC(C)C)C[C@H]3c3cccc(F)c3)CC2)c1. The van der Waals surface area contributed by atoms with Crippen LogP contribution in [-0.2, 0) is 4.79 Å². The van der Waals surface area contributed by atoms with Crippen LogP contribution in [0.15, 0.2) is 48.5 Å². The lowest BCUT2D eigenvalue weighted by Crippen LogP contribution is -2.48. The van der Waals surface area contributed by atoms with E-state index in [1.54, 1.807) is 19.2 Å². The van der Waals surface area contributed by atoms with Gasteiger partial charge in [-0.1, -0.05) is 32.0 Å². The average molecular weight is 454 g/mol. The second-order valence-electron chi connectivity index (χ2n) is 9.81. The van der Waals surface area contributed by atoms with Gasteiger partial charge < -0.3 is 14.5 Å². The number of nitrogens with zero attached hydrogens (tertiary/aromatic N) is 3. The molecular weight excluding hydrogens is 417 g/mol. The average Bonchev–Trinajstić information content (AvgIpc) is 3.23. The zero-order chi connectivity index (χ0) is 23.4. The van der Waals surface area contributed by atoms with Crippen LogP contribution in [0.2, 0.25) is 0 Å². The standard InChI is InChI=1S/C27H36FN3O2/c1-20(2)14-27(32)31-18-22(26(19-31)21-6-4-7-23(28)15-21)17-29-10-12-30(13-11-29)24-8-5-9-25(16-24)33-3/h4-9,15-16,20,22,26H,10-14,17-19H2,1-3H3/t22-,26+/m1/s1. The minimum absolute atomic E-state index is 0.174. The van der Waals surface area contributed by atoms with E-state index in [0.717, 1.165) is 50.6 Å². The van der Waals surface area contributed by atoms with Crippen molar-refractivity contribution in [1.82, 2.24) is 9.80 Å². The van der Waals surface area contributed by atoms with Crippen molar-refractivity contribution in [3.05, 3.63) is 59.9 Å². The first-order valence-corrected chi connectivity index (χ1v) is 12.1. The second-order valence-corrected chi connectivity index (χ2v) is 9.81. The highest BCUT2D eigenvalue weighted by Crippen LogP contribution is 2.34. The normalized spacial score (nSPS) is 21.6. The van der Waals surface area contributed by atoms with Crippen LogP contribution in [-0.4, -0.2) is 68.6 Å². The molecule has 5 nitrogen and oxygen atoms in total. The molecule has 2 aromatic rings. The number of benzene rings is 2. The summed E-state index contributed by atoms with van der Waals surface area (Å²) in [5, 5.41) is 0. The molecular formula is C27H36FN3O2. The van der Waals surface area contributed by atoms with Crippen molar-refractivity contribution in [2.75, 3.05) is 57.8 Å². The summed E-state index contributed by atoms with van der Waals surface area (Å²) in [5.41, 5.74) is 2.20. The van der Waals surface area contributed by atoms with Gasteiger partial charge in [-0.15, -0.1) is 0 Å². The lowest BCUT2D eigenvalue weighted by atomic mass is 9.88. The first-order valence-electron chi connectivity index (χ1n) is 12.1. The molecule has 4 rings (SSSR count). The van der Waals surface area contributed by atoms with Crippen LogP contribution in [0.4, 0.5) is 10.1 Å². The molecule has 0 radical (unpaired) electrons. The number of anilines is 1. The van der Waals surface area contributed by atoms with Crippen LogP contribution < -0.4 is 9.64 Å². The number of amides is 1. The van der Waals surface area contributed by atoms with Gasteiger partial charge in [0.2, 0.25) is 5.91 Å². The quantitative estimate of drug-likeness (QED) is 0.628. The van der Waals surface area contributed by atoms with Crippen LogP contribution in [0, 0.1) is 17.7 Å². The molecule has 2 aromatic carbocycles. The van der Waals surface area contributed by atoms with E-state index < -0.39 is 0 Å². The summed E-state index contributed by atoms with van der Waals surface area (Å²) in [6.45, 7) is 10.4. The molecule has 0 unspecified atom stereocenters. The fourth-order valence-corrected chi connectivity index (χ4v) is 5.18. The number of ether oxygens (including phenoxy) is 1. The summed E-state index contributed by atoms with van der Waals surface area (Å²) in [7, 11) is 1.70. The summed E-state index contributed by atoms with van der Waals surface area (Å²) < 4.78 is 19.4. The number of hydrogen-bond acceptors (Lipinski definition) is 4. The highest BCUT2D eigenvalue weighted by molar-refractivity contribution is 5.76. The fraction of sp³-hybridized carbons (Fsp3) is 0.519. The third-order valence-electron chi connectivity index (χ3n) is 6.94. The second kappa shape index (κ2) is 10.6. The Hall–Kier alpha value is -2.60. The summed E-state index contributed by atoms with van der Waals surface area (Å²) in [6.07, 6.45) is 0.571. The molecule has 2 heterocycles. The van der Waals surface area contributed by atoms with E-state index in [9.17, 15) is 9.18 Å². The molecule has 0 spiro atoms. The van der Waals surface area contributed by atoms with Crippen LogP contribution >= 0.6 is 0 Å². The van der Waals surface area contributed by atoms with Crippen molar-refractivity contribution in [3.8, 4) is 5.75 Å². The molecule has 6 heteroatoms. The Labute approximate surface area is 197 Å². The van der Waals surface area contributed by atoms with Crippen LogP contribution in [0.3, 0.4) is 0 Å². The molecule has 0 N–H and O–H groups in total. The van der Waals surface area contributed by atoms with E-state index in [1.165, 1.54) is 11.8 Å². The largest absolute Gasteiger partial charge is 0.497 e. The van der Waals surface area contributed by atoms with Gasteiger partial charge in [-0.2, -0.15) is 0 Å². The van der Waals surface area contributed by atoms with Gasteiger partial charge in [0.25, 0.3) is 0 Å². The van der Waals surface area contributed by atoms with Crippen molar-refractivity contribution >= 4 is 11.6 Å². The Morgan fingerprint density at radius 3 is 2.52 bits per heavy atom. The highest BCUT2D eigenvalue weighted by Gasteiger charge is 2.37. The van der Waals surface area contributed by atoms with Gasteiger partial charge in [-0.05, 0) is 41.7 Å². The molecule has 2 fully saturated rings. The zero-order valence-electron chi connectivity index (χ0n) is 20.0. The van der Waals surface area contributed by atoms with Crippen molar-refractivity contribution in [1.29, 1.82) is 0 Å². The van der Waals surface area contributed by atoms with E-state index >= 15 is 0 Å². The molecule has 2 saturated heterocycles.